The minimum absolute atomic E-state index is 0.0839. The van der Waals surface area contributed by atoms with Gasteiger partial charge in [-0.3, -0.25) is 14.5 Å². The van der Waals surface area contributed by atoms with Gasteiger partial charge < -0.3 is 25.6 Å². The molecule has 0 aliphatic carbocycles. The Labute approximate surface area is 160 Å². The molecule has 4 heterocycles. The van der Waals surface area contributed by atoms with E-state index in [-0.39, 0.29) is 40.9 Å². The van der Waals surface area contributed by atoms with Gasteiger partial charge in [0.15, 0.2) is 0 Å². The van der Waals surface area contributed by atoms with E-state index in [0.717, 1.165) is 17.9 Å². The average Bonchev–Trinajstić information content (AvgIpc) is 3.26. The van der Waals surface area contributed by atoms with Crippen LogP contribution in [-0.2, 0) is 14.3 Å². The van der Waals surface area contributed by atoms with Gasteiger partial charge in [-0.1, -0.05) is 0 Å². The fraction of sp³-hybridized carbons (Fsp3) is 0.706. The molecule has 2 amide bonds. The van der Waals surface area contributed by atoms with Crippen LogP contribution in [-0.4, -0.2) is 69.6 Å². The van der Waals surface area contributed by atoms with Crippen molar-refractivity contribution >= 4 is 29.7 Å². The number of ether oxygens (including phenoxy) is 1. The minimum Gasteiger partial charge on any atom is -0.449 e. The summed E-state index contributed by atoms with van der Waals surface area (Å²) in [7, 11) is 0. The molecule has 10 heteroatoms. The number of β-lactam (4-membered cyclic amide) rings is 1. The Kier molecular flexibility index (Phi) is 4.81. The third-order valence-electron chi connectivity index (χ3n) is 5.84. The highest BCUT2D eigenvalue weighted by atomic mass is 32.2. The predicted molar refractivity (Wildman–Crippen MR) is 95.5 cm³/mol. The molecule has 4 aliphatic rings. The van der Waals surface area contributed by atoms with Crippen LogP contribution in [0.3, 0.4) is 0 Å². The summed E-state index contributed by atoms with van der Waals surface area (Å²) in [6, 6.07) is 0.00679. The molecule has 0 bridgehead atoms. The summed E-state index contributed by atoms with van der Waals surface area (Å²) in [5, 5.41) is 25.4. The molecule has 9 nitrogen and oxygen atoms in total. The number of carbonyl (C=O) groups is 3. The van der Waals surface area contributed by atoms with Gasteiger partial charge in [-0.2, -0.15) is 0 Å². The Bertz CT molecular complexity index is 711. The van der Waals surface area contributed by atoms with Crippen LogP contribution in [0.2, 0.25) is 0 Å². The number of aliphatic hydroxyl groups is 1. The molecule has 1 unspecified atom stereocenters. The Balaban J connectivity index is 1.44. The molecular weight excluding hydrogens is 374 g/mol. The number of fused-ring (bicyclic) bond motifs is 1. The fourth-order valence-electron chi connectivity index (χ4n) is 4.56. The number of hydrogen-bond acceptors (Lipinski definition) is 7. The molecule has 0 aromatic heterocycles. The van der Waals surface area contributed by atoms with E-state index in [1.807, 2.05) is 0 Å². The maximum atomic E-state index is 12.3. The lowest BCUT2D eigenvalue weighted by Gasteiger charge is -2.44. The first-order valence-corrected chi connectivity index (χ1v) is 10.0. The molecule has 4 N–H and O–H groups in total. The Morgan fingerprint density at radius 2 is 2.11 bits per heavy atom. The first-order chi connectivity index (χ1) is 12.8. The van der Waals surface area contributed by atoms with E-state index in [2.05, 4.69) is 10.6 Å². The van der Waals surface area contributed by atoms with Crippen LogP contribution < -0.4 is 10.6 Å². The van der Waals surface area contributed by atoms with E-state index in [0.29, 0.717) is 19.4 Å². The van der Waals surface area contributed by atoms with E-state index in [1.165, 1.54) is 16.7 Å². The van der Waals surface area contributed by atoms with Gasteiger partial charge in [-0.15, -0.1) is 11.8 Å². The molecule has 3 saturated heterocycles. The number of carbonyl (C=O) groups excluding carboxylic acids is 2. The zero-order valence-electron chi connectivity index (χ0n) is 14.9. The van der Waals surface area contributed by atoms with Crippen LogP contribution in [0.25, 0.3) is 0 Å². The van der Waals surface area contributed by atoms with Crippen LogP contribution in [0, 0.1) is 11.8 Å². The second-order valence-electron chi connectivity index (χ2n) is 7.60. The highest BCUT2D eigenvalue weighted by Gasteiger charge is 2.57. The molecule has 0 saturated carbocycles. The van der Waals surface area contributed by atoms with Crippen molar-refractivity contribution in [3.05, 3.63) is 10.8 Å². The summed E-state index contributed by atoms with van der Waals surface area (Å²) in [6.45, 7) is 3.01. The summed E-state index contributed by atoms with van der Waals surface area (Å²) < 4.78 is 4.93. The zero-order valence-corrected chi connectivity index (χ0v) is 15.7. The highest BCUT2D eigenvalue weighted by Crippen LogP contribution is 2.49. The lowest BCUT2D eigenvalue weighted by molar-refractivity contribution is -0.161. The minimum atomic E-state index is -1.45. The Hall–Kier alpha value is -1.78. The Morgan fingerprint density at radius 3 is 2.74 bits per heavy atom. The Morgan fingerprint density at radius 1 is 1.33 bits per heavy atom. The van der Waals surface area contributed by atoms with Crippen molar-refractivity contribution in [3.8, 4) is 0 Å². The van der Waals surface area contributed by atoms with Crippen molar-refractivity contribution in [1.29, 1.82) is 0 Å². The van der Waals surface area contributed by atoms with Crippen molar-refractivity contribution < 1.29 is 29.3 Å². The highest BCUT2D eigenvalue weighted by molar-refractivity contribution is 8.03. The number of hydrogen-bond donors (Lipinski definition) is 4. The van der Waals surface area contributed by atoms with E-state index < -0.39 is 18.2 Å². The SMILES string of the molecule is C[C@@H](O)[C@H]1C(=O)N2C(OC(=O)O)=C(S[C@@H]3CN[C@H](C4CNC(=O)C4)C3)C[C@H]12. The summed E-state index contributed by atoms with van der Waals surface area (Å²) in [5.41, 5.74) is 0. The second kappa shape index (κ2) is 6.99. The first-order valence-electron chi connectivity index (χ1n) is 9.17. The molecule has 0 radical (unpaired) electrons. The normalized spacial score (nSPS) is 36.5. The van der Waals surface area contributed by atoms with Gasteiger partial charge in [-0.05, 0) is 13.3 Å². The lowest BCUT2D eigenvalue weighted by Crippen LogP contribution is -2.61. The number of rotatable bonds is 5. The summed E-state index contributed by atoms with van der Waals surface area (Å²) in [6.07, 6.45) is -0.328. The summed E-state index contributed by atoms with van der Waals surface area (Å²) in [4.78, 5) is 36.9. The monoisotopic (exact) mass is 397 g/mol. The van der Waals surface area contributed by atoms with Crippen molar-refractivity contribution in [3.63, 3.8) is 0 Å². The van der Waals surface area contributed by atoms with Crippen LogP contribution in [0.15, 0.2) is 10.8 Å². The molecule has 27 heavy (non-hydrogen) atoms. The first kappa shape index (κ1) is 18.6. The fourth-order valence-corrected chi connectivity index (χ4v) is 5.95. The number of thioether (sulfide) groups is 1. The van der Waals surface area contributed by atoms with Crippen LogP contribution >= 0.6 is 11.8 Å². The summed E-state index contributed by atoms with van der Waals surface area (Å²) >= 11 is 1.54. The maximum Gasteiger partial charge on any atom is 0.512 e. The van der Waals surface area contributed by atoms with Crippen molar-refractivity contribution in [1.82, 2.24) is 15.5 Å². The van der Waals surface area contributed by atoms with Gasteiger partial charge in [0, 0.05) is 48.0 Å². The van der Waals surface area contributed by atoms with E-state index in [1.54, 1.807) is 6.92 Å². The third kappa shape index (κ3) is 3.30. The number of nitrogens with zero attached hydrogens (tertiary/aromatic N) is 1. The van der Waals surface area contributed by atoms with Crippen LogP contribution in [0.1, 0.15) is 26.2 Å². The van der Waals surface area contributed by atoms with Crippen LogP contribution in [0.5, 0.6) is 0 Å². The van der Waals surface area contributed by atoms with E-state index >= 15 is 0 Å². The molecule has 0 aromatic carbocycles. The maximum absolute atomic E-state index is 12.3. The second-order valence-corrected chi connectivity index (χ2v) is 9.00. The van der Waals surface area contributed by atoms with Gasteiger partial charge in [-0.25, -0.2) is 4.79 Å². The lowest BCUT2D eigenvalue weighted by atomic mass is 9.84. The van der Waals surface area contributed by atoms with Gasteiger partial charge in [0.05, 0.1) is 18.1 Å². The smallest absolute Gasteiger partial charge is 0.449 e. The van der Waals surface area contributed by atoms with Gasteiger partial charge in [0.25, 0.3) is 0 Å². The molecule has 6 atom stereocenters. The average molecular weight is 397 g/mol. The number of aliphatic hydroxyl groups excluding tert-OH is 1. The van der Waals surface area contributed by atoms with Gasteiger partial charge in [0.2, 0.25) is 17.7 Å². The quantitative estimate of drug-likeness (QED) is 0.379. The standard InChI is InChI=1S/C17H23N3O6S/c1-7(21)14-11-4-12(16(26-17(24)25)20(11)15(14)23)27-9-3-10(18-6-9)8-2-13(22)19-5-8/h7-11,14,18,21H,2-6H2,1H3,(H,19,22)(H,24,25)/t7-,8?,9+,10+,11-,14-/m1/s1. The van der Waals surface area contributed by atoms with Crippen molar-refractivity contribution in [2.45, 2.75) is 49.6 Å². The third-order valence-corrected chi connectivity index (χ3v) is 7.15. The molecule has 0 spiro atoms. The summed E-state index contributed by atoms with van der Waals surface area (Å²) in [5.74, 6) is -0.349. The molecule has 4 aliphatic heterocycles. The molecule has 148 valence electrons. The van der Waals surface area contributed by atoms with Gasteiger partial charge >= 0.3 is 6.16 Å². The number of carboxylic acid groups (broad SMARTS) is 1. The predicted octanol–water partition coefficient (Wildman–Crippen LogP) is 0.0614. The number of nitrogens with one attached hydrogen (secondary N) is 2. The topological polar surface area (TPSA) is 128 Å². The largest absolute Gasteiger partial charge is 0.512 e. The molecule has 0 aromatic rings. The zero-order chi connectivity index (χ0) is 19.3. The number of amides is 2. The van der Waals surface area contributed by atoms with Crippen molar-refractivity contribution in [2.24, 2.45) is 11.8 Å². The molecule has 3 fully saturated rings. The van der Waals surface area contributed by atoms with Gasteiger partial charge in [0.1, 0.15) is 0 Å². The van der Waals surface area contributed by atoms with E-state index in [9.17, 15) is 19.5 Å². The van der Waals surface area contributed by atoms with Crippen molar-refractivity contribution in [2.75, 3.05) is 13.1 Å². The molecular formula is C17H23N3O6S. The van der Waals surface area contributed by atoms with Crippen LogP contribution in [0.4, 0.5) is 4.79 Å². The van der Waals surface area contributed by atoms with E-state index in [4.69, 9.17) is 9.84 Å². The molecule has 4 rings (SSSR count).